The Hall–Kier alpha value is -1.58. The molecule has 1 N–H and O–H groups in total. The maximum absolute atomic E-state index is 12.7. The van der Waals surface area contributed by atoms with Gasteiger partial charge in [-0.2, -0.15) is 0 Å². The van der Waals surface area contributed by atoms with Gasteiger partial charge in [0, 0.05) is 19.6 Å². The average Bonchev–Trinajstić information content (AvgIpc) is 3.04. The molecule has 0 bridgehead atoms. The average molecular weight is 345 g/mol. The van der Waals surface area contributed by atoms with E-state index in [2.05, 4.69) is 40.5 Å². The van der Waals surface area contributed by atoms with Gasteiger partial charge in [-0.25, -0.2) is 0 Å². The van der Waals surface area contributed by atoms with E-state index in [1.165, 1.54) is 17.2 Å². The molecule has 0 unspecified atom stereocenters. The van der Waals surface area contributed by atoms with Gasteiger partial charge in [0.25, 0.3) is 0 Å². The largest absolute Gasteiger partial charge is 0.342 e. The number of nitrogens with zero attached hydrogens (tertiary/aromatic N) is 1. The van der Waals surface area contributed by atoms with Gasteiger partial charge in [-0.05, 0) is 47.6 Å². The fourth-order valence-electron chi connectivity index (χ4n) is 4.17. The molecule has 4 heteroatoms. The first-order valence-electron chi connectivity index (χ1n) is 8.71. The van der Waals surface area contributed by atoms with Crippen LogP contribution in [0, 0.1) is 5.41 Å². The van der Waals surface area contributed by atoms with Crippen LogP contribution < -0.4 is 5.32 Å². The number of halogens is 1. The summed E-state index contributed by atoms with van der Waals surface area (Å²) in [5, 5.41) is 5.90. The number of hydrogen-bond acceptors (Lipinski definition) is 2. The fourth-order valence-corrected chi connectivity index (χ4v) is 4.17. The van der Waals surface area contributed by atoms with Crippen molar-refractivity contribution >= 4 is 29.1 Å². The highest BCUT2D eigenvalue weighted by Crippen LogP contribution is 2.37. The van der Waals surface area contributed by atoms with Crippen LogP contribution in [0.1, 0.15) is 24.8 Å². The summed E-state index contributed by atoms with van der Waals surface area (Å²) in [5.41, 5.74) is 1.62. The van der Waals surface area contributed by atoms with Crippen molar-refractivity contribution in [2.24, 2.45) is 5.41 Å². The number of fused-ring (bicyclic) bond motifs is 1. The lowest BCUT2D eigenvalue weighted by Gasteiger charge is -2.39. The Labute approximate surface area is 149 Å². The monoisotopic (exact) mass is 344 g/mol. The Bertz CT molecular complexity index is 709. The predicted molar refractivity (Wildman–Crippen MR) is 101 cm³/mol. The molecule has 0 saturated carbocycles. The number of hydrogen-bond donors (Lipinski definition) is 1. The SMILES string of the molecule is Cl.O=C(Cc1cccc2ccccc12)N1CCC2(CCNC2)CC1. The molecule has 0 aliphatic carbocycles. The quantitative estimate of drug-likeness (QED) is 0.905. The molecular formula is C20H25ClN2O. The van der Waals surface area contributed by atoms with Gasteiger partial charge in [0.05, 0.1) is 6.42 Å². The summed E-state index contributed by atoms with van der Waals surface area (Å²) in [6.45, 7) is 4.12. The predicted octanol–water partition coefficient (Wildman–Crippen LogP) is 3.41. The summed E-state index contributed by atoms with van der Waals surface area (Å²) >= 11 is 0. The Morgan fingerprint density at radius 3 is 2.54 bits per heavy atom. The van der Waals surface area contributed by atoms with E-state index < -0.39 is 0 Å². The molecule has 0 radical (unpaired) electrons. The zero-order chi connectivity index (χ0) is 15.7. The number of likely N-dealkylation sites (tertiary alicyclic amines) is 1. The van der Waals surface area contributed by atoms with Crippen molar-refractivity contribution in [2.75, 3.05) is 26.2 Å². The van der Waals surface area contributed by atoms with Gasteiger partial charge in [-0.1, -0.05) is 42.5 Å². The van der Waals surface area contributed by atoms with Gasteiger partial charge in [-0.3, -0.25) is 4.79 Å². The molecule has 1 amide bonds. The Morgan fingerprint density at radius 2 is 1.79 bits per heavy atom. The van der Waals surface area contributed by atoms with E-state index in [-0.39, 0.29) is 18.3 Å². The summed E-state index contributed by atoms with van der Waals surface area (Å²) in [5.74, 6) is 0.280. The molecule has 2 fully saturated rings. The third kappa shape index (κ3) is 3.28. The van der Waals surface area contributed by atoms with Crippen molar-refractivity contribution in [3.8, 4) is 0 Å². The van der Waals surface area contributed by atoms with E-state index in [1.807, 2.05) is 12.1 Å². The molecule has 3 nitrogen and oxygen atoms in total. The van der Waals surface area contributed by atoms with Gasteiger partial charge in [0.2, 0.25) is 5.91 Å². The summed E-state index contributed by atoms with van der Waals surface area (Å²) < 4.78 is 0. The van der Waals surface area contributed by atoms with Crippen molar-refractivity contribution in [2.45, 2.75) is 25.7 Å². The van der Waals surface area contributed by atoms with Gasteiger partial charge in [-0.15, -0.1) is 12.4 Å². The van der Waals surface area contributed by atoms with Crippen LogP contribution in [0.25, 0.3) is 10.8 Å². The summed E-state index contributed by atoms with van der Waals surface area (Å²) in [7, 11) is 0. The number of piperidine rings is 1. The Kier molecular flexibility index (Phi) is 5.12. The maximum Gasteiger partial charge on any atom is 0.227 e. The van der Waals surface area contributed by atoms with E-state index in [1.54, 1.807) is 0 Å². The van der Waals surface area contributed by atoms with Crippen LogP contribution in [0.2, 0.25) is 0 Å². The van der Waals surface area contributed by atoms with Crippen molar-refractivity contribution < 1.29 is 4.79 Å². The first kappa shape index (κ1) is 17.2. The molecule has 0 aromatic heterocycles. The second-order valence-electron chi connectivity index (χ2n) is 7.12. The fraction of sp³-hybridized carbons (Fsp3) is 0.450. The highest BCUT2D eigenvalue weighted by atomic mass is 35.5. The van der Waals surface area contributed by atoms with Crippen molar-refractivity contribution in [1.29, 1.82) is 0 Å². The van der Waals surface area contributed by atoms with E-state index in [4.69, 9.17) is 0 Å². The smallest absolute Gasteiger partial charge is 0.227 e. The Morgan fingerprint density at radius 1 is 1.04 bits per heavy atom. The Balaban J connectivity index is 0.00000169. The zero-order valence-electron chi connectivity index (χ0n) is 14.0. The molecule has 2 aromatic carbocycles. The standard InChI is InChI=1S/C20H24N2O.ClH/c23-19(22-12-9-20(10-13-22)8-11-21-15-20)14-17-6-3-5-16-4-1-2-7-18(16)17;/h1-7,21H,8-15H2;1H. The maximum atomic E-state index is 12.7. The number of amides is 1. The highest BCUT2D eigenvalue weighted by molar-refractivity contribution is 5.90. The number of nitrogens with one attached hydrogen (secondary N) is 1. The molecule has 128 valence electrons. The highest BCUT2D eigenvalue weighted by Gasteiger charge is 2.37. The van der Waals surface area contributed by atoms with Crippen molar-refractivity contribution in [3.63, 3.8) is 0 Å². The molecule has 2 aliphatic heterocycles. The van der Waals surface area contributed by atoms with Gasteiger partial charge >= 0.3 is 0 Å². The lowest BCUT2D eigenvalue weighted by molar-refractivity contribution is -0.132. The van der Waals surface area contributed by atoms with Crippen molar-refractivity contribution in [3.05, 3.63) is 48.0 Å². The summed E-state index contributed by atoms with van der Waals surface area (Å²) in [6.07, 6.45) is 4.10. The van der Waals surface area contributed by atoms with Gasteiger partial charge < -0.3 is 10.2 Å². The molecule has 2 aliphatic rings. The van der Waals surface area contributed by atoms with E-state index in [0.29, 0.717) is 11.8 Å². The van der Waals surface area contributed by atoms with Crippen LogP contribution in [0.4, 0.5) is 0 Å². The van der Waals surface area contributed by atoms with Crippen molar-refractivity contribution in [1.82, 2.24) is 10.2 Å². The zero-order valence-corrected chi connectivity index (χ0v) is 14.8. The van der Waals surface area contributed by atoms with Crippen LogP contribution in [-0.2, 0) is 11.2 Å². The van der Waals surface area contributed by atoms with Crippen LogP contribution in [0.15, 0.2) is 42.5 Å². The minimum Gasteiger partial charge on any atom is -0.342 e. The van der Waals surface area contributed by atoms with Gasteiger partial charge in [0.15, 0.2) is 0 Å². The molecule has 1 spiro atoms. The topological polar surface area (TPSA) is 32.3 Å². The summed E-state index contributed by atoms with van der Waals surface area (Å²) in [4.78, 5) is 14.8. The molecule has 2 aromatic rings. The summed E-state index contributed by atoms with van der Waals surface area (Å²) in [6, 6.07) is 14.6. The van der Waals surface area contributed by atoms with E-state index in [0.717, 1.165) is 44.6 Å². The number of benzene rings is 2. The number of carbonyl (C=O) groups excluding carboxylic acids is 1. The number of carbonyl (C=O) groups is 1. The first-order valence-corrected chi connectivity index (χ1v) is 8.71. The van der Waals surface area contributed by atoms with E-state index in [9.17, 15) is 4.79 Å². The molecule has 2 saturated heterocycles. The lowest BCUT2D eigenvalue weighted by Crippen LogP contribution is -2.44. The third-order valence-electron chi connectivity index (χ3n) is 5.73. The van der Waals surface area contributed by atoms with Crippen LogP contribution >= 0.6 is 12.4 Å². The second-order valence-corrected chi connectivity index (χ2v) is 7.12. The van der Waals surface area contributed by atoms with Crippen LogP contribution in [0.5, 0.6) is 0 Å². The molecule has 4 rings (SSSR count). The molecular weight excluding hydrogens is 320 g/mol. The number of rotatable bonds is 2. The first-order chi connectivity index (χ1) is 11.3. The minimum atomic E-state index is 0. The lowest BCUT2D eigenvalue weighted by atomic mass is 9.78. The molecule has 0 atom stereocenters. The minimum absolute atomic E-state index is 0. The van der Waals surface area contributed by atoms with Gasteiger partial charge in [0.1, 0.15) is 0 Å². The molecule has 24 heavy (non-hydrogen) atoms. The molecule has 2 heterocycles. The normalized spacial score (nSPS) is 19.4. The second kappa shape index (κ2) is 7.12. The van der Waals surface area contributed by atoms with E-state index >= 15 is 0 Å². The van der Waals surface area contributed by atoms with Crippen LogP contribution in [0.3, 0.4) is 0 Å². The third-order valence-corrected chi connectivity index (χ3v) is 5.73. The van der Waals surface area contributed by atoms with Crippen LogP contribution in [-0.4, -0.2) is 37.0 Å².